The highest BCUT2D eigenvalue weighted by molar-refractivity contribution is 7.89. The zero-order valence-corrected chi connectivity index (χ0v) is 18.6. The number of benzene rings is 2. The Morgan fingerprint density at radius 2 is 1.69 bits per heavy atom. The molecule has 0 aliphatic heterocycles. The molecule has 0 unspecified atom stereocenters. The lowest BCUT2D eigenvalue weighted by atomic mass is 10.2. The summed E-state index contributed by atoms with van der Waals surface area (Å²) in [5.41, 5.74) is 0.743. The molecule has 8 heteroatoms. The molecule has 0 atom stereocenters. The Bertz CT molecular complexity index is 1170. The van der Waals surface area contributed by atoms with Gasteiger partial charge in [0.1, 0.15) is 17.3 Å². The summed E-state index contributed by atoms with van der Waals surface area (Å²) in [5, 5.41) is 0. The van der Waals surface area contributed by atoms with Gasteiger partial charge in [0, 0.05) is 12.6 Å². The van der Waals surface area contributed by atoms with Gasteiger partial charge in [-0.2, -0.15) is 4.31 Å². The molecule has 0 saturated heterocycles. The third kappa shape index (κ3) is 5.26. The van der Waals surface area contributed by atoms with Gasteiger partial charge in [-0.1, -0.05) is 30.3 Å². The predicted molar refractivity (Wildman–Crippen MR) is 117 cm³/mol. The highest BCUT2D eigenvalue weighted by Gasteiger charge is 2.40. The Hall–Kier alpha value is -2.97. The molecular weight excluding hydrogens is 431 g/mol. The first kappa shape index (κ1) is 22.2. The van der Waals surface area contributed by atoms with Gasteiger partial charge in [-0.15, -0.1) is 0 Å². The number of rotatable bonds is 9. The third-order valence-electron chi connectivity index (χ3n) is 5.38. The van der Waals surface area contributed by atoms with Crippen LogP contribution < -0.4 is 0 Å². The van der Waals surface area contributed by atoms with Crippen LogP contribution in [0, 0.1) is 12.7 Å². The molecular formula is C24H25FN2O4S. The van der Waals surface area contributed by atoms with Crippen LogP contribution in [-0.4, -0.2) is 36.1 Å². The van der Waals surface area contributed by atoms with Crippen molar-refractivity contribution >= 4 is 15.9 Å². The first-order valence-corrected chi connectivity index (χ1v) is 11.9. The fourth-order valence-electron chi connectivity index (χ4n) is 3.53. The van der Waals surface area contributed by atoms with Crippen LogP contribution in [0.25, 0.3) is 0 Å². The number of hydrogen-bond donors (Lipinski definition) is 0. The van der Waals surface area contributed by atoms with Gasteiger partial charge in [0.25, 0.3) is 0 Å². The molecule has 32 heavy (non-hydrogen) atoms. The fraction of sp³-hybridized carbons (Fsp3) is 0.292. The van der Waals surface area contributed by atoms with Crippen molar-refractivity contribution in [3.63, 3.8) is 0 Å². The van der Waals surface area contributed by atoms with Crippen LogP contribution >= 0.6 is 0 Å². The van der Waals surface area contributed by atoms with E-state index in [1.807, 2.05) is 13.0 Å². The van der Waals surface area contributed by atoms with E-state index in [1.165, 1.54) is 28.6 Å². The van der Waals surface area contributed by atoms with E-state index in [0.29, 0.717) is 5.76 Å². The molecule has 6 nitrogen and oxygen atoms in total. The molecule has 1 heterocycles. The van der Waals surface area contributed by atoms with E-state index >= 15 is 0 Å². The Morgan fingerprint density at radius 3 is 2.28 bits per heavy atom. The van der Waals surface area contributed by atoms with Gasteiger partial charge >= 0.3 is 0 Å². The summed E-state index contributed by atoms with van der Waals surface area (Å²) in [6, 6.07) is 17.5. The Kier molecular flexibility index (Phi) is 6.43. The van der Waals surface area contributed by atoms with E-state index in [0.717, 1.165) is 24.2 Å². The monoisotopic (exact) mass is 456 g/mol. The van der Waals surface area contributed by atoms with E-state index < -0.39 is 10.0 Å². The zero-order chi connectivity index (χ0) is 22.7. The van der Waals surface area contributed by atoms with Crippen molar-refractivity contribution in [2.24, 2.45) is 0 Å². The van der Waals surface area contributed by atoms with Crippen LogP contribution in [0.5, 0.6) is 0 Å². The quantitative estimate of drug-likeness (QED) is 0.486. The minimum absolute atomic E-state index is 0.173. The largest absolute Gasteiger partial charge is 0.464 e. The molecule has 0 N–H and O–H groups in total. The number of hydrogen-bond acceptors (Lipinski definition) is 4. The van der Waals surface area contributed by atoms with Crippen LogP contribution in [0.15, 0.2) is 76.0 Å². The average Bonchev–Trinajstić information content (AvgIpc) is 3.54. The number of furan rings is 1. The van der Waals surface area contributed by atoms with Gasteiger partial charge < -0.3 is 9.32 Å². The van der Waals surface area contributed by atoms with Crippen LogP contribution in [0.3, 0.4) is 0 Å². The Balaban J connectivity index is 1.57. The molecule has 2 aromatic carbocycles. The molecule has 0 bridgehead atoms. The number of aryl methyl sites for hydroxylation is 1. The minimum Gasteiger partial charge on any atom is -0.464 e. The van der Waals surface area contributed by atoms with E-state index in [1.54, 1.807) is 41.3 Å². The van der Waals surface area contributed by atoms with Gasteiger partial charge in [-0.05, 0) is 61.7 Å². The standard InChI is InChI=1S/C24H25FN2O4S/c1-18-7-14-22(31-18)16-26(15-19-8-10-20(25)11-9-19)24(28)17-27(21-12-13-21)32(29,30)23-5-3-2-4-6-23/h2-11,14,21H,12-13,15-17H2,1H3. The Labute approximate surface area is 187 Å². The van der Waals surface area contributed by atoms with Crippen molar-refractivity contribution in [3.05, 3.63) is 89.6 Å². The van der Waals surface area contributed by atoms with Crippen molar-refractivity contribution in [3.8, 4) is 0 Å². The maximum atomic E-state index is 13.4. The normalized spacial score (nSPS) is 14.0. The molecule has 0 radical (unpaired) electrons. The average molecular weight is 457 g/mol. The second-order valence-electron chi connectivity index (χ2n) is 7.98. The summed E-state index contributed by atoms with van der Waals surface area (Å²) >= 11 is 0. The number of sulfonamides is 1. The fourth-order valence-corrected chi connectivity index (χ4v) is 5.19. The summed E-state index contributed by atoms with van der Waals surface area (Å²) in [4.78, 5) is 15.1. The Morgan fingerprint density at radius 1 is 1.00 bits per heavy atom. The number of carbonyl (C=O) groups excluding carboxylic acids is 1. The highest BCUT2D eigenvalue weighted by Crippen LogP contribution is 2.32. The molecule has 1 saturated carbocycles. The van der Waals surface area contributed by atoms with Gasteiger partial charge in [-0.25, -0.2) is 12.8 Å². The molecule has 1 fully saturated rings. The summed E-state index contributed by atoms with van der Waals surface area (Å²) in [6.07, 6.45) is 1.46. The van der Waals surface area contributed by atoms with E-state index in [2.05, 4.69) is 0 Å². The molecule has 4 rings (SSSR count). The summed E-state index contributed by atoms with van der Waals surface area (Å²) < 4.78 is 46.7. The second-order valence-corrected chi connectivity index (χ2v) is 9.87. The number of amides is 1. The van der Waals surface area contributed by atoms with Crippen LogP contribution in [0.2, 0.25) is 0 Å². The predicted octanol–water partition coefficient (Wildman–Crippen LogP) is 4.11. The summed E-state index contributed by atoms with van der Waals surface area (Å²) in [6.45, 7) is 1.95. The van der Waals surface area contributed by atoms with Gasteiger partial charge in [0.2, 0.25) is 15.9 Å². The first-order valence-electron chi connectivity index (χ1n) is 10.5. The third-order valence-corrected chi connectivity index (χ3v) is 7.29. The lowest BCUT2D eigenvalue weighted by Crippen LogP contribution is -2.43. The SMILES string of the molecule is Cc1ccc(CN(Cc2ccc(F)cc2)C(=O)CN(C2CC2)S(=O)(=O)c2ccccc2)o1. The van der Waals surface area contributed by atoms with Crippen molar-refractivity contribution in [2.75, 3.05) is 6.54 Å². The zero-order valence-electron chi connectivity index (χ0n) is 17.8. The van der Waals surface area contributed by atoms with Crippen molar-refractivity contribution in [1.82, 2.24) is 9.21 Å². The van der Waals surface area contributed by atoms with E-state index in [-0.39, 0.29) is 42.3 Å². The number of nitrogens with zero attached hydrogens (tertiary/aromatic N) is 2. The maximum Gasteiger partial charge on any atom is 0.243 e. The lowest BCUT2D eigenvalue weighted by molar-refractivity contribution is -0.133. The van der Waals surface area contributed by atoms with Crippen molar-refractivity contribution < 1.29 is 22.0 Å². The molecule has 1 aliphatic rings. The van der Waals surface area contributed by atoms with Gasteiger partial charge in [0.05, 0.1) is 18.0 Å². The number of carbonyl (C=O) groups is 1. The van der Waals surface area contributed by atoms with E-state index in [9.17, 15) is 17.6 Å². The molecule has 168 valence electrons. The van der Waals surface area contributed by atoms with Crippen molar-refractivity contribution in [1.29, 1.82) is 0 Å². The molecule has 1 aromatic heterocycles. The topological polar surface area (TPSA) is 70.8 Å². The molecule has 1 amide bonds. The molecule has 0 spiro atoms. The van der Waals surface area contributed by atoms with Crippen LogP contribution in [-0.2, 0) is 27.9 Å². The first-order chi connectivity index (χ1) is 15.3. The van der Waals surface area contributed by atoms with Crippen molar-refractivity contribution in [2.45, 2.75) is 43.8 Å². The van der Waals surface area contributed by atoms with Gasteiger partial charge in [-0.3, -0.25) is 4.79 Å². The summed E-state index contributed by atoms with van der Waals surface area (Å²) in [5.74, 6) is 0.624. The second kappa shape index (κ2) is 9.26. The van der Waals surface area contributed by atoms with E-state index in [4.69, 9.17) is 4.42 Å². The highest BCUT2D eigenvalue weighted by atomic mass is 32.2. The van der Waals surface area contributed by atoms with Crippen LogP contribution in [0.1, 0.15) is 29.9 Å². The minimum atomic E-state index is -3.80. The molecule has 3 aromatic rings. The maximum absolute atomic E-state index is 13.4. The number of halogens is 1. The summed E-state index contributed by atoms with van der Waals surface area (Å²) in [7, 11) is -3.80. The molecule has 1 aliphatic carbocycles. The van der Waals surface area contributed by atoms with Gasteiger partial charge in [0.15, 0.2) is 0 Å². The lowest BCUT2D eigenvalue weighted by Gasteiger charge is -2.27. The van der Waals surface area contributed by atoms with Crippen LogP contribution in [0.4, 0.5) is 4.39 Å². The smallest absolute Gasteiger partial charge is 0.243 e.